The molecule has 0 aliphatic heterocycles. The van der Waals surface area contributed by atoms with Crippen LogP contribution in [-0.2, 0) is 0 Å². The van der Waals surface area contributed by atoms with Crippen molar-refractivity contribution in [3.63, 3.8) is 0 Å². The average Bonchev–Trinajstić information content (AvgIpc) is 2.27. The highest BCUT2D eigenvalue weighted by Crippen LogP contribution is 2.15. The third-order valence-corrected chi connectivity index (χ3v) is 2.97. The molecule has 1 atom stereocenters. The Bertz CT molecular complexity index is 355. The minimum Gasteiger partial charge on any atom is -0.352 e. The molecule has 1 aromatic carbocycles. The summed E-state index contributed by atoms with van der Waals surface area (Å²) in [6.07, 6.45) is 0. The molecule has 0 fully saturated rings. The summed E-state index contributed by atoms with van der Waals surface area (Å²) in [5, 5.41) is 6.00. The SMILES string of the molecule is CNCC(C)CNC(=O)c1ccccc1Br. The molecule has 0 spiro atoms. The highest BCUT2D eigenvalue weighted by molar-refractivity contribution is 9.10. The molecule has 1 unspecified atom stereocenters. The second kappa shape index (κ2) is 6.66. The Balaban J connectivity index is 2.50. The third-order valence-electron chi connectivity index (χ3n) is 2.28. The first-order chi connectivity index (χ1) is 7.65. The number of rotatable bonds is 5. The summed E-state index contributed by atoms with van der Waals surface area (Å²) in [5.41, 5.74) is 0.680. The molecule has 16 heavy (non-hydrogen) atoms. The van der Waals surface area contributed by atoms with Crippen molar-refractivity contribution < 1.29 is 4.79 Å². The average molecular weight is 285 g/mol. The molecule has 3 nitrogen and oxygen atoms in total. The molecule has 1 aromatic rings. The molecule has 0 saturated heterocycles. The smallest absolute Gasteiger partial charge is 0.252 e. The van der Waals surface area contributed by atoms with E-state index in [0.717, 1.165) is 11.0 Å². The van der Waals surface area contributed by atoms with Gasteiger partial charge in [0.05, 0.1) is 5.56 Å². The summed E-state index contributed by atoms with van der Waals surface area (Å²) in [7, 11) is 1.91. The van der Waals surface area contributed by atoms with Crippen molar-refractivity contribution in [2.24, 2.45) is 5.92 Å². The van der Waals surface area contributed by atoms with E-state index < -0.39 is 0 Å². The minimum absolute atomic E-state index is 0.0320. The fourth-order valence-electron chi connectivity index (χ4n) is 1.43. The van der Waals surface area contributed by atoms with Gasteiger partial charge in [-0.25, -0.2) is 0 Å². The summed E-state index contributed by atoms with van der Waals surface area (Å²) >= 11 is 3.36. The fourth-order valence-corrected chi connectivity index (χ4v) is 1.89. The van der Waals surface area contributed by atoms with Crippen LogP contribution in [0.3, 0.4) is 0 Å². The molecule has 1 amide bonds. The van der Waals surface area contributed by atoms with E-state index in [0.29, 0.717) is 18.0 Å². The van der Waals surface area contributed by atoms with Crippen LogP contribution < -0.4 is 10.6 Å². The summed E-state index contributed by atoms with van der Waals surface area (Å²) in [5.74, 6) is 0.395. The van der Waals surface area contributed by atoms with Gasteiger partial charge in [0.25, 0.3) is 5.91 Å². The molecule has 0 saturated carbocycles. The molecule has 0 aliphatic carbocycles. The molecular formula is C12H17BrN2O. The second-order valence-electron chi connectivity index (χ2n) is 3.85. The van der Waals surface area contributed by atoms with Gasteiger partial charge in [0.2, 0.25) is 0 Å². The number of hydrogen-bond acceptors (Lipinski definition) is 2. The highest BCUT2D eigenvalue weighted by atomic mass is 79.9. The lowest BCUT2D eigenvalue weighted by Gasteiger charge is -2.12. The summed E-state index contributed by atoms with van der Waals surface area (Å²) in [6.45, 7) is 3.67. The zero-order valence-corrected chi connectivity index (χ0v) is 11.2. The van der Waals surface area contributed by atoms with Crippen LogP contribution in [0.1, 0.15) is 17.3 Å². The van der Waals surface area contributed by atoms with Crippen LogP contribution in [0.25, 0.3) is 0 Å². The van der Waals surface area contributed by atoms with Gasteiger partial charge >= 0.3 is 0 Å². The van der Waals surface area contributed by atoms with Gasteiger partial charge in [0.1, 0.15) is 0 Å². The first kappa shape index (κ1) is 13.2. The van der Waals surface area contributed by atoms with Crippen molar-refractivity contribution in [3.05, 3.63) is 34.3 Å². The van der Waals surface area contributed by atoms with Crippen LogP contribution in [0.5, 0.6) is 0 Å². The summed E-state index contributed by atoms with van der Waals surface area (Å²) in [4.78, 5) is 11.8. The molecule has 1 rings (SSSR count). The van der Waals surface area contributed by atoms with Gasteiger partial charge in [-0.1, -0.05) is 19.1 Å². The van der Waals surface area contributed by atoms with E-state index in [-0.39, 0.29) is 5.91 Å². The monoisotopic (exact) mass is 284 g/mol. The fraction of sp³-hybridized carbons (Fsp3) is 0.417. The topological polar surface area (TPSA) is 41.1 Å². The Labute approximate surface area is 105 Å². The predicted molar refractivity (Wildman–Crippen MR) is 69.6 cm³/mol. The molecule has 88 valence electrons. The number of carbonyl (C=O) groups is 1. The lowest BCUT2D eigenvalue weighted by Crippen LogP contribution is -2.32. The highest BCUT2D eigenvalue weighted by Gasteiger charge is 2.09. The standard InChI is InChI=1S/C12H17BrN2O/c1-9(7-14-2)8-15-12(16)10-5-3-4-6-11(10)13/h3-6,9,14H,7-8H2,1-2H3,(H,15,16). The van der Waals surface area contributed by atoms with E-state index in [1.807, 2.05) is 31.3 Å². The Morgan fingerprint density at radius 2 is 2.06 bits per heavy atom. The number of amides is 1. The molecule has 2 N–H and O–H groups in total. The first-order valence-electron chi connectivity index (χ1n) is 5.32. The van der Waals surface area contributed by atoms with Gasteiger partial charge in [0.15, 0.2) is 0 Å². The molecule has 0 radical (unpaired) electrons. The van der Waals surface area contributed by atoms with Crippen LogP contribution in [0.2, 0.25) is 0 Å². The van der Waals surface area contributed by atoms with Crippen LogP contribution in [-0.4, -0.2) is 26.0 Å². The maximum Gasteiger partial charge on any atom is 0.252 e. The van der Waals surface area contributed by atoms with Crippen molar-refractivity contribution in [2.45, 2.75) is 6.92 Å². The van der Waals surface area contributed by atoms with Crippen LogP contribution in [0.4, 0.5) is 0 Å². The Hall–Kier alpha value is -0.870. The lowest BCUT2D eigenvalue weighted by molar-refractivity contribution is 0.0947. The first-order valence-corrected chi connectivity index (χ1v) is 6.11. The zero-order valence-electron chi connectivity index (χ0n) is 9.59. The molecular weight excluding hydrogens is 268 g/mol. The normalized spacial score (nSPS) is 12.2. The minimum atomic E-state index is -0.0320. The number of halogens is 1. The Kier molecular flexibility index (Phi) is 5.49. The van der Waals surface area contributed by atoms with Crippen LogP contribution >= 0.6 is 15.9 Å². The van der Waals surface area contributed by atoms with E-state index >= 15 is 0 Å². The van der Waals surface area contributed by atoms with Gasteiger partial charge in [0, 0.05) is 11.0 Å². The summed E-state index contributed by atoms with van der Waals surface area (Å²) < 4.78 is 0.828. The lowest BCUT2D eigenvalue weighted by atomic mass is 10.1. The Morgan fingerprint density at radius 3 is 2.69 bits per heavy atom. The molecule has 0 aromatic heterocycles. The maximum atomic E-state index is 11.8. The van der Waals surface area contributed by atoms with Crippen molar-refractivity contribution in [1.82, 2.24) is 10.6 Å². The Morgan fingerprint density at radius 1 is 1.38 bits per heavy atom. The second-order valence-corrected chi connectivity index (χ2v) is 4.71. The van der Waals surface area contributed by atoms with Gasteiger partial charge in [-0.15, -0.1) is 0 Å². The van der Waals surface area contributed by atoms with Gasteiger partial charge in [-0.3, -0.25) is 4.79 Å². The van der Waals surface area contributed by atoms with Crippen LogP contribution in [0, 0.1) is 5.92 Å². The van der Waals surface area contributed by atoms with Gasteiger partial charge in [-0.2, -0.15) is 0 Å². The van der Waals surface area contributed by atoms with Gasteiger partial charge < -0.3 is 10.6 Å². The van der Waals surface area contributed by atoms with Crippen molar-refractivity contribution >= 4 is 21.8 Å². The number of benzene rings is 1. The van der Waals surface area contributed by atoms with Crippen molar-refractivity contribution in [3.8, 4) is 0 Å². The maximum absolute atomic E-state index is 11.8. The molecule has 0 aliphatic rings. The van der Waals surface area contributed by atoms with E-state index in [1.54, 1.807) is 0 Å². The van der Waals surface area contributed by atoms with Crippen LogP contribution in [0.15, 0.2) is 28.7 Å². The summed E-state index contributed by atoms with van der Waals surface area (Å²) in [6, 6.07) is 7.43. The van der Waals surface area contributed by atoms with E-state index in [9.17, 15) is 4.79 Å². The number of nitrogens with one attached hydrogen (secondary N) is 2. The molecule has 4 heteroatoms. The third kappa shape index (κ3) is 3.94. The quantitative estimate of drug-likeness (QED) is 0.869. The zero-order chi connectivity index (χ0) is 12.0. The van der Waals surface area contributed by atoms with E-state index in [4.69, 9.17) is 0 Å². The van der Waals surface area contributed by atoms with Crippen molar-refractivity contribution in [2.75, 3.05) is 20.1 Å². The molecule has 0 heterocycles. The predicted octanol–water partition coefficient (Wildman–Crippen LogP) is 2.03. The van der Waals surface area contributed by atoms with E-state index in [1.165, 1.54) is 0 Å². The number of carbonyl (C=O) groups excluding carboxylic acids is 1. The number of hydrogen-bond donors (Lipinski definition) is 2. The van der Waals surface area contributed by atoms with E-state index in [2.05, 4.69) is 33.5 Å². The molecule has 0 bridgehead atoms. The van der Waals surface area contributed by atoms with Crippen molar-refractivity contribution in [1.29, 1.82) is 0 Å². The van der Waals surface area contributed by atoms with Gasteiger partial charge in [-0.05, 0) is 47.6 Å². The largest absolute Gasteiger partial charge is 0.352 e.